The monoisotopic (exact) mass is 369 g/mol. The van der Waals surface area contributed by atoms with Crippen molar-refractivity contribution in [1.82, 2.24) is 15.1 Å². The fourth-order valence-corrected chi connectivity index (χ4v) is 5.39. The number of fused-ring (bicyclic) bond motifs is 2. The van der Waals surface area contributed by atoms with Crippen LogP contribution in [-0.2, 0) is 12.0 Å². The van der Waals surface area contributed by atoms with Gasteiger partial charge >= 0.3 is 0 Å². The van der Waals surface area contributed by atoms with Crippen LogP contribution in [0.1, 0.15) is 41.3 Å². The molecule has 1 saturated heterocycles. The highest BCUT2D eigenvalue weighted by Gasteiger charge is 2.44. The molecule has 1 spiro atoms. The molecule has 26 heavy (non-hydrogen) atoms. The van der Waals surface area contributed by atoms with Gasteiger partial charge in [-0.15, -0.1) is 11.3 Å². The van der Waals surface area contributed by atoms with Gasteiger partial charge in [0.25, 0.3) is 0 Å². The lowest BCUT2D eigenvalue weighted by atomic mass is 9.73. The van der Waals surface area contributed by atoms with E-state index in [0.717, 1.165) is 13.1 Å². The standard InChI is InChI=1S/C22H31N3S/c1-24(2)13-14-25-11-9-22(10-12-25)16-21(19-7-3-4-8-20(19)22)23-17-18-6-5-15-26-18/h3-8,15,21,23H,9-14,16-17H2,1-2H3. The van der Waals surface area contributed by atoms with E-state index in [4.69, 9.17) is 0 Å². The first-order valence-electron chi connectivity index (χ1n) is 9.89. The third-order valence-corrected chi connectivity index (χ3v) is 7.16. The minimum atomic E-state index is 0.387. The summed E-state index contributed by atoms with van der Waals surface area (Å²) in [4.78, 5) is 6.38. The molecule has 1 unspecified atom stereocenters. The number of benzene rings is 1. The molecule has 4 rings (SSSR count). The van der Waals surface area contributed by atoms with E-state index in [2.05, 4.69) is 71.0 Å². The number of hydrogen-bond donors (Lipinski definition) is 1. The van der Waals surface area contributed by atoms with Crippen LogP contribution in [0.15, 0.2) is 41.8 Å². The molecule has 1 aromatic carbocycles. The van der Waals surface area contributed by atoms with E-state index in [1.165, 1.54) is 43.8 Å². The van der Waals surface area contributed by atoms with Gasteiger partial charge in [-0.2, -0.15) is 0 Å². The molecular formula is C22H31N3S. The molecule has 1 aliphatic heterocycles. The molecule has 4 heteroatoms. The Labute approximate surface area is 162 Å². The fraction of sp³-hybridized carbons (Fsp3) is 0.545. The number of likely N-dealkylation sites (tertiary alicyclic amines) is 1. The molecule has 2 heterocycles. The highest BCUT2D eigenvalue weighted by atomic mass is 32.1. The Morgan fingerprint density at radius 1 is 1.15 bits per heavy atom. The maximum Gasteiger partial charge on any atom is 0.0335 e. The van der Waals surface area contributed by atoms with Crippen molar-refractivity contribution in [2.75, 3.05) is 40.3 Å². The second kappa shape index (κ2) is 7.81. The second-order valence-electron chi connectivity index (χ2n) is 8.23. The van der Waals surface area contributed by atoms with Crippen molar-refractivity contribution in [3.63, 3.8) is 0 Å². The van der Waals surface area contributed by atoms with E-state index in [1.807, 2.05) is 11.3 Å². The van der Waals surface area contributed by atoms with Crippen LogP contribution in [0.2, 0.25) is 0 Å². The lowest BCUT2D eigenvalue weighted by Crippen LogP contribution is -2.44. The molecule has 1 fully saturated rings. The maximum absolute atomic E-state index is 3.85. The summed E-state index contributed by atoms with van der Waals surface area (Å²) in [5, 5.41) is 6.02. The summed E-state index contributed by atoms with van der Waals surface area (Å²) in [6, 6.07) is 14.1. The Bertz CT molecular complexity index is 702. The highest BCUT2D eigenvalue weighted by Crippen LogP contribution is 2.50. The molecule has 1 aliphatic carbocycles. The minimum Gasteiger partial charge on any atom is -0.308 e. The number of hydrogen-bond acceptors (Lipinski definition) is 4. The van der Waals surface area contributed by atoms with Gasteiger partial charge in [0.2, 0.25) is 0 Å². The highest BCUT2D eigenvalue weighted by molar-refractivity contribution is 7.09. The normalized spacial score (nSPS) is 22.2. The van der Waals surface area contributed by atoms with Gasteiger partial charge in [-0.1, -0.05) is 30.3 Å². The van der Waals surface area contributed by atoms with Crippen LogP contribution in [0, 0.1) is 0 Å². The van der Waals surface area contributed by atoms with Gasteiger partial charge in [0, 0.05) is 30.6 Å². The Balaban J connectivity index is 1.44. The van der Waals surface area contributed by atoms with Gasteiger partial charge in [0.15, 0.2) is 0 Å². The molecule has 1 N–H and O–H groups in total. The molecule has 1 atom stereocenters. The maximum atomic E-state index is 3.85. The third-order valence-electron chi connectivity index (χ3n) is 6.28. The van der Waals surface area contributed by atoms with Crippen LogP contribution in [0.5, 0.6) is 0 Å². The van der Waals surface area contributed by atoms with Gasteiger partial charge in [0.05, 0.1) is 0 Å². The van der Waals surface area contributed by atoms with E-state index in [0.29, 0.717) is 11.5 Å². The molecular weight excluding hydrogens is 338 g/mol. The molecule has 2 aliphatic rings. The molecule has 0 radical (unpaired) electrons. The predicted octanol–water partition coefficient (Wildman–Crippen LogP) is 3.88. The molecule has 0 bridgehead atoms. The summed E-state index contributed by atoms with van der Waals surface area (Å²) in [7, 11) is 4.34. The van der Waals surface area contributed by atoms with Crippen molar-refractivity contribution >= 4 is 11.3 Å². The van der Waals surface area contributed by atoms with Crippen LogP contribution in [0.3, 0.4) is 0 Å². The minimum absolute atomic E-state index is 0.387. The molecule has 0 amide bonds. The fourth-order valence-electron chi connectivity index (χ4n) is 4.73. The summed E-state index contributed by atoms with van der Waals surface area (Å²) in [5.74, 6) is 0. The number of thiophene rings is 1. The van der Waals surface area contributed by atoms with Crippen molar-refractivity contribution in [3.05, 3.63) is 57.8 Å². The molecule has 2 aromatic rings. The van der Waals surface area contributed by atoms with E-state index in [1.54, 1.807) is 11.1 Å². The second-order valence-corrected chi connectivity index (χ2v) is 9.26. The van der Waals surface area contributed by atoms with Crippen molar-refractivity contribution < 1.29 is 0 Å². The Morgan fingerprint density at radius 3 is 2.69 bits per heavy atom. The van der Waals surface area contributed by atoms with E-state index in [9.17, 15) is 0 Å². The van der Waals surface area contributed by atoms with Crippen LogP contribution in [-0.4, -0.2) is 50.1 Å². The van der Waals surface area contributed by atoms with Gasteiger partial charge in [-0.3, -0.25) is 0 Å². The van der Waals surface area contributed by atoms with Crippen LogP contribution < -0.4 is 5.32 Å². The van der Waals surface area contributed by atoms with Crippen molar-refractivity contribution in [3.8, 4) is 0 Å². The number of piperidine rings is 1. The number of nitrogens with one attached hydrogen (secondary N) is 1. The summed E-state index contributed by atoms with van der Waals surface area (Å²) < 4.78 is 0. The Hall–Kier alpha value is -1.20. The lowest BCUT2D eigenvalue weighted by Gasteiger charge is -2.40. The Morgan fingerprint density at radius 2 is 1.96 bits per heavy atom. The first-order chi connectivity index (χ1) is 12.7. The van der Waals surface area contributed by atoms with E-state index >= 15 is 0 Å². The third kappa shape index (κ3) is 3.74. The molecule has 0 saturated carbocycles. The number of likely N-dealkylation sites (N-methyl/N-ethyl adjacent to an activating group) is 1. The van der Waals surface area contributed by atoms with Crippen LogP contribution in [0.25, 0.3) is 0 Å². The van der Waals surface area contributed by atoms with E-state index in [-0.39, 0.29) is 0 Å². The molecule has 1 aromatic heterocycles. The van der Waals surface area contributed by atoms with Gasteiger partial charge in [-0.25, -0.2) is 0 Å². The van der Waals surface area contributed by atoms with Crippen LogP contribution >= 0.6 is 11.3 Å². The van der Waals surface area contributed by atoms with Gasteiger partial charge in [0.1, 0.15) is 0 Å². The largest absolute Gasteiger partial charge is 0.308 e. The van der Waals surface area contributed by atoms with Gasteiger partial charge < -0.3 is 15.1 Å². The quantitative estimate of drug-likeness (QED) is 0.834. The van der Waals surface area contributed by atoms with Crippen molar-refractivity contribution in [2.45, 2.75) is 37.3 Å². The van der Waals surface area contributed by atoms with Crippen LogP contribution in [0.4, 0.5) is 0 Å². The zero-order chi connectivity index (χ0) is 18.0. The smallest absolute Gasteiger partial charge is 0.0335 e. The number of nitrogens with zero attached hydrogens (tertiary/aromatic N) is 2. The predicted molar refractivity (Wildman–Crippen MR) is 111 cm³/mol. The van der Waals surface area contributed by atoms with Crippen molar-refractivity contribution in [1.29, 1.82) is 0 Å². The Kier molecular flexibility index (Phi) is 5.46. The summed E-state index contributed by atoms with van der Waals surface area (Å²) in [6.45, 7) is 5.82. The average molecular weight is 370 g/mol. The average Bonchev–Trinajstić information content (AvgIpc) is 3.27. The first-order valence-corrected chi connectivity index (χ1v) is 10.8. The molecule has 3 nitrogen and oxygen atoms in total. The number of rotatable bonds is 6. The zero-order valence-electron chi connectivity index (χ0n) is 16.1. The first kappa shape index (κ1) is 18.2. The van der Waals surface area contributed by atoms with Gasteiger partial charge in [-0.05, 0) is 74.4 Å². The van der Waals surface area contributed by atoms with E-state index < -0.39 is 0 Å². The summed E-state index contributed by atoms with van der Waals surface area (Å²) in [6.07, 6.45) is 3.86. The summed E-state index contributed by atoms with van der Waals surface area (Å²) in [5.41, 5.74) is 3.56. The summed E-state index contributed by atoms with van der Waals surface area (Å²) >= 11 is 1.85. The molecule has 140 valence electrons. The lowest BCUT2D eigenvalue weighted by molar-refractivity contribution is 0.143. The SMILES string of the molecule is CN(C)CCN1CCC2(CC1)CC(NCc1cccs1)c1ccccc12. The van der Waals surface area contributed by atoms with Crippen molar-refractivity contribution in [2.24, 2.45) is 0 Å². The topological polar surface area (TPSA) is 18.5 Å². The zero-order valence-corrected chi connectivity index (χ0v) is 16.9.